The molecular weight excluding hydrogens is 390 g/mol. The van der Waals surface area contributed by atoms with Crippen LogP contribution >= 0.6 is 0 Å². The quantitative estimate of drug-likeness (QED) is 0.671. The highest BCUT2D eigenvalue weighted by molar-refractivity contribution is 7.89. The molecule has 1 aliphatic rings. The molecule has 29 heavy (non-hydrogen) atoms. The van der Waals surface area contributed by atoms with Gasteiger partial charge in [-0.15, -0.1) is 0 Å². The summed E-state index contributed by atoms with van der Waals surface area (Å²) in [5.41, 5.74) is 2.46. The van der Waals surface area contributed by atoms with Crippen molar-refractivity contribution in [1.29, 1.82) is 0 Å². The zero-order valence-corrected chi connectivity index (χ0v) is 16.9. The fourth-order valence-corrected chi connectivity index (χ4v) is 5.50. The van der Waals surface area contributed by atoms with Crippen LogP contribution in [-0.4, -0.2) is 59.9 Å². The monoisotopic (exact) mass is 413 g/mol. The predicted molar refractivity (Wildman–Crippen MR) is 110 cm³/mol. The van der Waals surface area contributed by atoms with Crippen LogP contribution in [0.5, 0.6) is 0 Å². The third-order valence-corrected chi connectivity index (χ3v) is 7.38. The van der Waals surface area contributed by atoms with E-state index in [-0.39, 0.29) is 18.0 Å². The largest absolute Gasteiger partial charge is 0.480 e. The Morgan fingerprint density at radius 2 is 1.62 bits per heavy atom. The Balaban J connectivity index is 1.59. The second-order valence-corrected chi connectivity index (χ2v) is 9.14. The lowest BCUT2D eigenvalue weighted by atomic mass is 10.0. The predicted octanol–water partition coefficient (Wildman–Crippen LogP) is 2.61. The Hall–Kier alpha value is -2.68. The van der Waals surface area contributed by atoms with Gasteiger partial charge in [0.1, 0.15) is 6.04 Å². The van der Waals surface area contributed by atoms with Crippen molar-refractivity contribution in [2.75, 3.05) is 26.2 Å². The van der Waals surface area contributed by atoms with Crippen molar-refractivity contribution in [2.24, 2.45) is 0 Å². The topological polar surface area (TPSA) is 93.7 Å². The van der Waals surface area contributed by atoms with Crippen LogP contribution < -0.4 is 0 Å². The van der Waals surface area contributed by atoms with Crippen molar-refractivity contribution < 1.29 is 18.3 Å². The molecule has 1 fully saturated rings. The number of piperazine rings is 1. The van der Waals surface area contributed by atoms with Crippen LogP contribution in [0.2, 0.25) is 0 Å². The molecule has 1 saturated heterocycles. The van der Waals surface area contributed by atoms with E-state index in [2.05, 4.69) is 4.98 Å². The van der Waals surface area contributed by atoms with Gasteiger partial charge in [-0.1, -0.05) is 36.4 Å². The zero-order valence-electron chi connectivity index (χ0n) is 16.1. The summed E-state index contributed by atoms with van der Waals surface area (Å²) in [6, 6.07) is 15.1. The Kier molecular flexibility index (Phi) is 5.16. The minimum Gasteiger partial charge on any atom is -0.480 e. The Labute approximate surface area is 169 Å². The average Bonchev–Trinajstić information content (AvgIpc) is 3.05. The van der Waals surface area contributed by atoms with Crippen LogP contribution in [-0.2, 0) is 14.8 Å². The van der Waals surface area contributed by atoms with Gasteiger partial charge in [-0.2, -0.15) is 4.31 Å². The number of H-pyrrole nitrogens is 1. The third kappa shape index (κ3) is 3.55. The summed E-state index contributed by atoms with van der Waals surface area (Å²) in [6.07, 6.45) is 0. The number of aryl methyl sites for hydroxylation is 1. The number of rotatable bonds is 5. The van der Waals surface area contributed by atoms with Crippen molar-refractivity contribution in [3.63, 3.8) is 0 Å². The summed E-state index contributed by atoms with van der Waals surface area (Å²) in [5.74, 6) is -0.933. The van der Waals surface area contributed by atoms with Crippen molar-refractivity contribution in [2.45, 2.75) is 17.9 Å². The fourth-order valence-electron chi connectivity index (χ4n) is 4.06. The number of carboxylic acids is 1. The fraction of sp³-hybridized carbons (Fsp3) is 0.286. The number of benzene rings is 2. The maximum absolute atomic E-state index is 12.8. The summed E-state index contributed by atoms with van der Waals surface area (Å²) in [5, 5.41) is 10.9. The molecule has 0 radical (unpaired) electrons. The summed E-state index contributed by atoms with van der Waals surface area (Å²) in [6.45, 7) is 3.08. The van der Waals surface area contributed by atoms with Gasteiger partial charge in [-0.05, 0) is 25.1 Å². The molecule has 4 rings (SSSR count). The van der Waals surface area contributed by atoms with E-state index in [1.165, 1.54) is 4.31 Å². The number of fused-ring (bicyclic) bond motifs is 1. The molecule has 2 heterocycles. The van der Waals surface area contributed by atoms with Crippen LogP contribution in [0, 0.1) is 6.92 Å². The molecule has 2 N–H and O–H groups in total. The molecule has 2 aromatic carbocycles. The van der Waals surface area contributed by atoms with Crippen LogP contribution in [0.15, 0.2) is 59.5 Å². The molecule has 0 bridgehead atoms. The van der Waals surface area contributed by atoms with E-state index in [4.69, 9.17) is 0 Å². The van der Waals surface area contributed by atoms with Crippen LogP contribution in [0.1, 0.15) is 17.3 Å². The standard InChI is InChI=1S/C21H23N3O4S/c1-15-19(17-9-5-6-10-18(17)22-15)20(21(25)26)23-11-13-24(14-12-23)29(27,28)16-7-3-2-4-8-16/h2-10,20,22H,11-14H2,1H3,(H,25,26)/t20-/m1/s1. The number of aromatic amines is 1. The molecule has 3 aromatic rings. The molecule has 7 nitrogen and oxygen atoms in total. The molecule has 0 aliphatic carbocycles. The Morgan fingerprint density at radius 3 is 2.28 bits per heavy atom. The van der Waals surface area contributed by atoms with E-state index in [9.17, 15) is 18.3 Å². The molecule has 152 valence electrons. The normalized spacial score (nSPS) is 17.4. The van der Waals surface area contributed by atoms with Crippen molar-refractivity contribution in [1.82, 2.24) is 14.2 Å². The van der Waals surface area contributed by atoms with Gasteiger partial charge in [0.15, 0.2) is 0 Å². The van der Waals surface area contributed by atoms with Gasteiger partial charge in [-0.3, -0.25) is 9.69 Å². The molecule has 0 unspecified atom stereocenters. The number of carboxylic acid groups (broad SMARTS) is 1. The molecular formula is C21H23N3O4S. The van der Waals surface area contributed by atoms with Crippen LogP contribution in [0.3, 0.4) is 0 Å². The van der Waals surface area contributed by atoms with Gasteiger partial charge < -0.3 is 10.1 Å². The SMILES string of the molecule is Cc1[nH]c2ccccc2c1[C@H](C(=O)O)N1CCN(S(=O)(=O)c2ccccc2)CC1. The first-order valence-corrected chi connectivity index (χ1v) is 10.9. The molecule has 8 heteroatoms. The molecule has 0 spiro atoms. The average molecular weight is 413 g/mol. The lowest BCUT2D eigenvalue weighted by Crippen LogP contribution is -2.51. The number of hydrogen-bond acceptors (Lipinski definition) is 4. The highest BCUT2D eigenvalue weighted by atomic mass is 32.2. The van der Waals surface area contributed by atoms with Gasteiger partial charge in [0, 0.05) is 48.3 Å². The summed E-state index contributed by atoms with van der Waals surface area (Å²) in [4.78, 5) is 17.6. The number of nitrogens with zero attached hydrogens (tertiary/aromatic N) is 2. The lowest BCUT2D eigenvalue weighted by Gasteiger charge is -2.37. The summed E-state index contributed by atoms with van der Waals surface area (Å²) < 4.78 is 27.1. The smallest absolute Gasteiger partial charge is 0.325 e. The maximum Gasteiger partial charge on any atom is 0.325 e. The van der Waals surface area contributed by atoms with E-state index in [0.717, 1.165) is 22.2 Å². The Bertz CT molecular complexity index is 1130. The van der Waals surface area contributed by atoms with Crippen molar-refractivity contribution in [3.8, 4) is 0 Å². The molecule has 1 atom stereocenters. The van der Waals surface area contributed by atoms with Gasteiger partial charge in [0.2, 0.25) is 10.0 Å². The highest BCUT2D eigenvalue weighted by Crippen LogP contribution is 2.33. The number of para-hydroxylation sites is 1. The first kappa shape index (κ1) is 19.6. The van der Waals surface area contributed by atoms with Crippen molar-refractivity contribution in [3.05, 3.63) is 65.9 Å². The Morgan fingerprint density at radius 1 is 1.00 bits per heavy atom. The number of sulfonamides is 1. The van der Waals surface area contributed by atoms with Gasteiger partial charge in [0.05, 0.1) is 4.90 Å². The van der Waals surface area contributed by atoms with E-state index in [1.807, 2.05) is 36.1 Å². The summed E-state index contributed by atoms with van der Waals surface area (Å²) in [7, 11) is -3.57. The summed E-state index contributed by atoms with van der Waals surface area (Å²) >= 11 is 0. The van der Waals surface area contributed by atoms with Gasteiger partial charge in [-0.25, -0.2) is 8.42 Å². The van der Waals surface area contributed by atoms with Crippen molar-refractivity contribution >= 4 is 26.9 Å². The number of nitrogens with one attached hydrogen (secondary N) is 1. The number of aliphatic carboxylic acids is 1. The first-order chi connectivity index (χ1) is 13.9. The first-order valence-electron chi connectivity index (χ1n) is 9.49. The van der Waals surface area contributed by atoms with Crippen LogP contribution in [0.25, 0.3) is 10.9 Å². The van der Waals surface area contributed by atoms with E-state index in [1.54, 1.807) is 30.3 Å². The van der Waals surface area contributed by atoms with E-state index in [0.29, 0.717) is 13.1 Å². The highest BCUT2D eigenvalue weighted by Gasteiger charge is 2.36. The zero-order chi connectivity index (χ0) is 20.6. The van der Waals surface area contributed by atoms with E-state index >= 15 is 0 Å². The molecule has 1 aromatic heterocycles. The molecule has 1 aliphatic heterocycles. The number of hydrogen-bond donors (Lipinski definition) is 2. The van der Waals surface area contributed by atoms with Gasteiger partial charge in [0.25, 0.3) is 0 Å². The third-order valence-electron chi connectivity index (χ3n) is 5.47. The minimum atomic E-state index is -3.57. The second-order valence-electron chi connectivity index (χ2n) is 7.20. The van der Waals surface area contributed by atoms with Gasteiger partial charge >= 0.3 is 5.97 Å². The molecule has 0 saturated carbocycles. The van der Waals surface area contributed by atoms with E-state index < -0.39 is 22.0 Å². The molecule has 0 amide bonds. The van der Waals surface area contributed by atoms with Crippen LogP contribution in [0.4, 0.5) is 0 Å². The second kappa shape index (κ2) is 7.62. The lowest BCUT2D eigenvalue weighted by molar-refractivity contribution is -0.144. The number of carbonyl (C=O) groups is 1. The maximum atomic E-state index is 12.8. The number of aromatic nitrogens is 1. The minimum absolute atomic E-state index is 0.252.